The zero-order valence-electron chi connectivity index (χ0n) is 26.2. The van der Waals surface area contributed by atoms with Gasteiger partial charge in [0, 0.05) is 34.4 Å². The molecule has 228 valence electrons. The van der Waals surface area contributed by atoms with Crippen LogP contribution in [0.1, 0.15) is 86.3 Å². The van der Waals surface area contributed by atoms with Gasteiger partial charge in [0.25, 0.3) is 0 Å². The second kappa shape index (κ2) is 11.6. The summed E-state index contributed by atoms with van der Waals surface area (Å²) in [5, 5.41) is 9.59. The van der Waals surface area contributed by atoms with E-state index in [1.54, 1.807) is 6.07 Å². The Balaban J connectivity index is 1.40. The van der Waals surface area contributed by atoms with E-state index in [1.807, 2.05) is 101 Å². The zero-order chi connectivity index (χ0) is 31.2. The molecule has 2 atom stereocenters. The van der Waals surface area contributed by atoms with E-state index < -0.39 is 11.6 Å². The van der Waals surface area contributed by atoms with Crippen molar-refractivity contribution in [2.24, 2.45) is 0 Å². The van der Waals surface area contributed by atoms with Gasteiger partial charge in [-0.1, -0.05) is 18.2 Å². The van der Waals surface area contributed by atoms with Gasteiger partial charge in [-0.25, -0.2) is 9.48 Å². The number of fused-ring (bicyclic) bond motifs is 2. The molecule has 3 heterocycles. The lowest BCUT2D eigenvalue weighted by atomic mass is 9.98. The highest BCUT2D eigenvalue weighted by atomic mass is 16.6. The molecule has 0 amide bonds. The van der Waals surface area contributed by atoms with Gasteiger partial charge in [0.2, 0.25) is 0 Å². The van der Waals surface area contributed by atoms with Crippen LogP contribution in [-0.2, 0) is 9.47 Å². The van der Waals surface area contributed by atoms with Crippen molar-refractivity contribution in [3.63, 3.8) is 0 Å². The number of esters is 1. The van der Waals surface area contributed by atoms with Crippen LogP contribution in [0.2, 0.25) is 0 Å². The number of ether oxygens (including phenoxy) is 2. The number of para-hydroxylation sites is 1. The van der Waals surface area contributed by atoms with Crippen molar-refractivity contribution < 1.29 is 18.7 Å². The van der Waals surface area contributed by atoms with Gasteiger partial charge in [-0.2, -0.15) is 5.10 Å². The predicted molar refractivity (Wildman–Crippen MR) is 173 cm³/mol. The monoisotopic (exact) mass is 593 g/mol. The number of hydrogen-bond acceptors (Lipinski definition) is 7. The molecule has 1 aliphatic heterocycles. The number of nitrogens with zero attached hydrogens (tertiary/aromatic N) is 2. The Bertz CT molecular complexity index is 1920. The summed E-state index contributed by atoms with van der Waals surface area (Å²) in [5.74, 6) is 0.123. The molecule has 0 spiro atoms. The van der Waals surface area contributed by atoms with Gasteiger partial charge in [-0.15, -0.1) is 0 Å². The molecule has 0 aliphatic carbocycles. The minimum absolute atomic E-state index is 0.0623. The molecule has 1 saturated heterocycles. The third-order valence-corrected chi connectivity index (χ3v) is 8.06. The van der Waals surface area contributed by atoms with Gasteiger partial charge in [-0.05, 0) is 103 Å². The number of benzene rings is 3. The van der Waals surface area contributed by atoms with Crippen molar-refractivity contribution in [1.82, 2.24) is 9.78 Å². The lowest BCUT2D eigenvalue weighted by Gasteiger charge is -2.23. The smallest absolute Gasteiger partial charge is 0.340 e. The van der Waals surface area contributed by atoms with Crippen LogP contribution in [0, 0.1) is 13.8 Å². The van der Waals surface area contributed by atoms with Crippen LogP contribution in [0.25, 0.3) is 33.2 Å². The van der Waals surface area contributed by atoms with Crippen molar-refractivity contribution in [2.45, 2.75) is 78.7 Å². The number of carbonyl (C=O) groups excluding carboxylic acids is 1. The molecule has 1 aliphatic rings. The summed E-state index contributed by atoms with van der Waals surface area (Å²) in [7, 11) is 0. The summed E-state index contributed by atoms with van der Waals surface area (Å²) < 4.78 is 20.2. The fourth-order valence-electron chi connectivity index (χ4n) is 5.94. The van der Waals surface area contributed by atoms with Gasteiger partial charge in [0.1, 0.15) is 16.9 Å². The average molecular weight is 594 g/mol. The van der Waals surface area contributed by atoms with E-state index in [9.17, 15) is 9.59 Å². The predicted octanol–water partition coefficient (Wildman–Crippen LogP) is 8.25. The molecule has 3 aromatic carbocycles. The third-order valence-electron chi connectivity index (χ3n) is 8.06. The number of rotatable bonds is 6. The number of aromatic nitrogens is 2. The summed E-state index contributed by atoms with van der Waals surface area (Å²) in [5.41, 5.74) is 5.01. The zero-order valence-corrected chi connectivity index (χ0v) is 26.2. The first kappa shape index (κ1) is 29.6. The second-order valence-corrected chi connectivity index (χ2v) is 12.7. The Morgan fingerprint density at radius 3 is 2.64 bits per heavy atom. The van der Waals surface area contributed by atoms with Crippen LogP contribution in [0.3, 0.4) is 0 Å². The lowest BCUT2D eigenvalue weighted by molar-refractivity contribution is -0.0366. The maximum atomic E-state index is 13.8. The summed E-state index contributed by atoms with van der Waals surface area (Å²) in [6.45, 7) is 12.1. The normalized spacial score (nSPS) is 16.3. The van der Waals surface area contributed by atoms with Gasteiger partial charge in [0.15, 0.2) is 11.7 Å². The van der Waals surface area contributed by atoms with Gasteiger partial charge < -0.3 is 19.2 Å². The van der Waals surface area contributed by atoms with E-state index in [-0.39, 0.29) is 17.7 Å². The minimum atomic E-state index is -0.619. The largest absolute Gasteiger partial charge is 0.456 e. The van der Waals surface area contributed by atoms with Crippen LogP contribution >= 0.6 is 0 Å². The van der Waals surface area contributed by atoms with Crippen LogP contribution in [0.4, 0.5) is 5.69 Å². The lowest BCUT2D eigenvalue weighted by Crippen LogP contribution is -2.24. The molecular weight excluding hydrogens is 554 g/mol. The summed E-state index contributed by atoms with van der Waals surface area (Å²) in [6.07, 6.45) is 4.91. The number of hydrogen-bond donors (Lipinski definition) is 1. The molecule has 0 saturated carbocycles. The molecule has 2 unspecified atom stereocenters. The maximum absolute atomic E-state index is 13.8. The van der Waals surface area contributed by atoms with Gasteiger partial charge in [0.05, 0.1) is 28.7 Å². The average Bonchev–Trinajstić information content (AvgIpc) is 3.42. The summed E-state index contributed by atoms with van der Waals surface area (Å²) in [6, 6.07) is 16.9. The Kier molecular flexibility index (Phi) is 7.80. The van der Waals surface area contributed by atoms with E-state index in [0.29, 0.717) is 33.5 Å². The molecule has 1 fully saturated rings. The number of aryl methyl sites for hydroxylation is 1. The first-order valence-electron chi connectivity index (χ1n) is 15.3. The van der Waals surface area contributed by atoms with E-state index in [4.69, 9.17) is 13.9 Å². The van der Waals surface area contributed by atoms with Crippen molar-refractivity contribution >= 4 is 33.5 Å². The SMILES string of the molecule is Cc1cc(C(C)Nc2ccccc2C(=O)OC(C)(C)C)c2oc(-c3ccc4c(cnn4C4CCCCO4)c3)c(C)c(=O)c2c1. The summed E-state index contributed by atoms with van der Waals surface area (Å²) in [4.78, 5) is 26.8. The highest BCUT2D eigenvalue weighted by Crippen LogP contribution is 2.35. The van der Waals surface area contributed by atoms with Gasteiger partial charge in [-0.3, -0.25) is 4.79 Å². The molecule has 0 bridgehead atoms. The summed E-state index contributed by atoms with van der Waals surface area (Å²) >= 11 is 0. The van der Waals surface area contributed by atoms with Crippen LogP contribution in [0.5, 0.6) is 0 Å². The fraction of sp³-hybridized carbons (Fsp3) is 0.361. The fourth-order valence-corrected chi connectivity index (χ4v) is 5.94. The third kappa shape index (κ3) is 5.74. The van der Waals surface area contributed by atoms with Crippen molar-refractivity contribution in [3.8, 4) is 11.3 Å². The molecule has 5 aromatic rings. The highest BCUT2D eigenvalue weighted by molar-refractivity contribution is 5.96. The van der Waals surface area contributed by atoms with E-state index >= 15 is 0 Å². The molecule has 8 nitrogen and oxygen atoms in total. The molecule has 6 rings (SSSR count). The molecule has 0 radical (unpaired) electrons. The van der Waals surface area contributed by atoms with Crippen LogP contribution < -0.4 is 10.7 Å². The first-order chi connectivity index (χ1) is 21.0. The molecule has 2 aromatic heterocycles. The van der Waals surface area contributed by atoms with Crippen LogP contribution in [-0.4, -0.2) is 28.0 Å². The standard InChI is InChI=1S/C36H39N3O5/c1-21-17-27(23(3)38-29-12-8-7-11-26(29)35(41)44-36(4,5)6)34-28(18-21)32(40)22(2)33(43-34)24-14-15-30-25(19-24)20-37-39(30)31-13-9-10-16-42-31/h7-8,11-12,14-15,17-20,23,31,38H,9-10,13,16H2,1-6H3. The van der Waals surface area contributed by atoms with E-state index in [1.165, 1.54) is 0 Å². The van der Waals surface area contributed by atoms with Crippen molar-refractivity contribution in [1.29, 1.82) is 0 Å². The Morgan fingerprint density at radius 1 is 1.09 bits per heavy atom. The minimum Gasteiger partial charge on any atom is -0.456 e. The molecule has 44 heavy (non-hydrogen) atoms. The molecular formula is C36H39N3O5. The van der Waals surface area contributed by atoms with Crippen LogP contribution in [0.15, 0.2) is 70.0 Å². The topological polar surface area (TPSA) is 95.6 Å². The van der Waals surface area contributed by atoms with Crippen molar-refractivity contribution in [3.05, 3.63) is 93.3 Å². The van der Waals surface area contributed by atoms with E-state index in [0.717, 1.165) is 53.5 Å². The van der Waals surface area contributed by atoms with Crippen molar-refractivity contribution in [2.75, 3.05) is 11.9 Å². The number of anilines is 1. The maximum Gasteiger partial charge on any atom is 0.340 e. The number of nitrogens with one attached hydrogen (secondary N) is 1. The Labute approximate surface area is 257 Å². The quantitative estimate of drug-likeness (QED) is 0.198. The Morgan fingerprint density at radius 2 is 1.89 bits per heavy atom. The first-order valence-corrected chi connectivity index (χ1v) is 15.3. The molecule has 8 heteroatoms. The Hall–Kier alpha value is -4.43. The molecule has 1 N–H and O–H groups in total. The number of carbonyl (C=O) groups is 1. The second-order valence-electron chi connectivity index (χ2n) is 12.7. The highest BCUT2D eigenvalue weighted by Gasteiger charge is 2.24. The van der Waals surface area contributed by atoms with E-state index in [2.05, 4.69) is 10.4 Å². The van der Waals surface area contributed by atoms with Gasteiger partial charge >= 0.3 is 5.97 Å².